The fourth-order valence-corrected chi connectivity index (χ4v) is 4.14. The Hall–Kier alpha value is -1.44. The van der Waals surface area contributed by atoms with E-state index in [9.17, 15) is 8.78 Å². The van der Waals surface area contributed by atoms with Crippen molar-refractivity contribution < 1.29 is 8.78 Å². The molecule has 0 N–H and O–H groups in total. The van der Waals surface area contributed by atoms with Crippen molar-refractivity contribution in [3.8, 4) is 0 Å². The molecular formula is C24H34F2. The van der Waals surface area contributed by atoms with E-state index in [1.54, 1.807) is 0 Å². The molecule has 0 nitrogen and oxygen atoms in total. The van der Waals surface area contributed by atoms with Gasteiger partial charge in [-0.15, -0.1) is 0 Å². The van der Waals surface area contributed by atoms with Gasteiger partial charge in [-0.3, -0.25) is 0 Å². The minimum atomic E-state index is -2.48. The molecule has 2 rings (SSSR count). The third-order valence-electron chi connectivity index (χ3n) is 6.32. The first-order chi connectivity index (χ1) is 12.2. The third kappa shape index (κ3) is 5.05. The van der Waals surface area contributed by atoms with Crippen molar-refractivity contribution in [2.75, 3.05) is 0 Å². The fraction of sp³-hybridized carbons (Fsp3) is 0.583. The highest BCUT2D eigenvalue weighted by Crippen LogP contribution is 2.50. The Balaban J connectivity index is 2.24. The highest BCUT2D eigenvalue weighted by molar-refractivity contribution is 5.74. The Kier molecular flexibility index (Phi) is 6.82. The van der Waals surface area contributed by atoms with Crippen LogP contribution in [0, 0.1) is 11.3 Å². The first-order valence-corrected chi connectivity index (χ1v) is 10.0. The Bertz CT molecular complexity index is 631. The average Bonchev–Trinajstić information content (AvgIpc) is 2.62. The summed E-state index contributed by atoms with van der Waals surface area (Å²) in [6, 6.07) is 8.58. The molecule has 1 aliphatic carbocycles. The summed E-state index contributed by atoms with van der Waals surface area (Å²) < 4.78 is 27.2. The first kappa shape index (κ1) is 20.9. The van der Waals surface area contributed by atoms with Crippen LogP contribution in [-0.4, -0.2) is 5.92 Å². The quantitative estimate of drug-likeness (QED) is 0.432. The van der Waals surface area contributed by atoms with Crippen LogP contribution in [0.1, 0.15) is 83.3 Å². The van der Waals surface area contributed by atoms with Crippen LogP contribution >= 0.6 is 0 Å². The van der Waals surface area contributed by atoms with Crippen LogP contribution in [0.15, 0.2) is 43.0 Å². The predicted molar refractivity (Wildman–Crippen MR) is 109 cm³/mol. The lowest BCUT2D eigenvalue weighted by Gasteiger charge is -2.42. The molecule has 2 atom stereocenters. The largest absolute Gasteiger partial charge is 0.248 e. The zero-order chi connectivity index (χ0) is 19.4. The summed E-state index contributed by atoms with van der Waals surface area (Å²) in [6.07, 6.45) is 7.76. The second-order valence-electron chi connectivity index (χ2n) is 8.45. The van der Waals surface area contributed by atoms with Crippen molar-refractivity contribution >= 4 is 5.57 Å². The van der Waals surface area contributed by atoms with Gasteiger partial charge in [0.15, 0.2) is 0 Å². The molecule has 1 aromatic carbocycles. The lowest BCUT2D eigenvalue weighted by atomic mass is 9.65. The number of halogens is 2. The third-order valence-corrected chi connectivity index (χ3v) is 6.32. The summed E-state index contributed by atoms with van der Waals surface area (Å²) >= 11 is 0. The number of rotatable bonds is 7. The summed E-state index contributed by atoms with van der Waals surface area (Å²) in [6.45, 7) is 12.8. The monoisotopic (exact) mass is 360 g/mol. The van der Waals surface area contributed by atoms with Crippen LogP contribution in [0.3, 0.4) is 0 Å². The minimum absolute atomic E-state index is 0.0138. The molecule has 26 heavy (non-hydrogen) atoms. The van der Waals surface area contributed by atoms with E-state index in [4.69, 9.17) is 0 Å². The van der Waals surface area contributed by atoms with E-state index in [0.29, 0.717) is 18.8 Å². The highest BCUT2D eigenvalue weighted by atomic mass is 19.3. The molecule has 144 valence electrons. The van der Waals surface area contributed by atoms with Gasteiger partial charge in [0.1, 0.15) is 0 Å². The molecule has 1 aromatic rings. The van der Waals surface area contributed by atoms with Crippen molar-refractivity contribution in [1.82, 2.24) is 0 Å². The maximum absolute atomic E-state index is 13.6. The van der Waals surface area contributed by atoms with Crippen LogP contribution in [0.4, 0.5) is 8.78 Å². The van der Waals surface area contributed by atoms with Gasteiger partial charge in [0.05, 0.1) is 0 Å². The van der Waals surface area contributed by atoms with Crippen molar-refractivity contribution in [3.05, 3.63) is 54.1 Å². The van der Waals surface area contributed by atoms with E-state index in [2.05, 4.69) is 64.6 Å². The average molecular weight is 361 g/mol. The zero-order valence-electron chi connectivity index (χ0n) is 16.8. The summed E-state index contributed by atoms with van der Waals surface area (Å²) in [4.78, 5) is 0. The SMILES string of the molecule is C=C/C(=C\C(C)CCC)c1cccc(C(C)C2(C)CCC(F)(F)CC2)c1. The second kappa shape index (κ2) is 8.50. The standard InChI is InChI=1S/C24H34F2/c1-6-9-18(3)16-20(7-2)22-11-8-10-21(17-22)19(4)23(5)12-14-24(25,26)15-13-23/h7-8,10-11,16-19H,2,6,9,12-15H2,1,3-5H3/b20-16+. The molecule has 2 unspecified atom stereocenters. The number of alkyl halides is 2. The van der Waals surface area contributed by atoms with Gasteiger partial charge in [-0.1, -0.05) is 77.1 Å². The van der Waals surface area contributed by atoms with E-state index in [1.807, 2.05) is 6.08 Å². The van der Waals surface area contributed by atoms with Gasteiger partial charge in [-0.25, -0.2) is 8.78 Å². The molecule has 0 aliphatic heterocycles. The van der Waals surface area contributed by atoms with E-state index >= 15 is 0 Å². The molecule has 2 heteroatoms. The van der Waals surface area contributed by atoms with Crippen LogP contribution in [0.25, 0.3) is 5.57 Å². The zero-order valence-corrected chi connectivity index (χ0v) is 16.8. The molecule has 0 spiro atoms. The molecule has 0 saturated heterocycles. The van der Waals surface area contributed by atoms with Crippen LogP contribution in [0.2, 0.25) is 0 Å². The predicted octanol–water partition coefficient (Wildman–Crippen LogP) is 8.01. The van der Waals surface area contributed by atoms with Crippen LogP contribution in [-0.2, 0) is 0 Å². The van der Waals surface area contributed by atoms with Gasteiger partial charge >= 0.3 is 0 Å². The summed E-state index contributed by atoms with van der Waals surface area (Å²) in [5, 5.41) is 0. The van der Waals surface area contributed by atoms with Gasteiger partial charge in [0, 0.05) is 12.8 Å². The summed E-state index contributed by atoms with van der Waals surface area (Å²) in [5.41, 5.74) is 3.52. The molecule has 1 saturated carbocycles. The maximum Gasteiger partial charge on any atom is 0.248 e. The van der Waals surface area contributed by atoms with E-state index in [1.165, 1.54) is 29.5 Å². The maximum atomic E-state index is 13.6. The smallest absolute Gasteiger partial charge is 0.207 e. The van der Waals surface area contributed by atoms with Crippen LogP contribution < -0.4 is 0 Å². The molecule has 0 aromatic heterocycles. The fourth-order valence-electron chi connectivity index (χ4n) is 4.14. The van der Waals surface area contributed by atoms with Gasteiger partial charge in [-0.05, 0) is 53.2 Å². The van der Waals surface area contributed by atoms with Crippen molar-refractivity contribution in [3.63, 3.8) is 0 Å². The Morgan fingerprint density at radius 3 is 2.42 bits per heavy atom. The van der Waals surface area contributed by atoms with Crippen molar-refractivity contribution in [2.45, 2.75) is 78.1 Å². The van der Waals surface area contributed by atoms with E-state index in [0.717, 1.165) is 0 Å². The Morgan fingerprint density at radius 2 is 1.85 bits per heavy atom. The van der Waals surface area contributed by atoms with Crippen molar-refractivity contribution in [2.24, 2.45) is 11.3 Å². The van der Waals surface area contributed by atoms with Gasteiger partial charge in [0.2, 0.25) is 5.92 Å². The molecule has 0 radical (unpaired) electrons. The molecule has 1 fully saturated rings. The molecule has 0 heterocycles. The van der Waals surface area contributed by atoms with Gasteiger partial charge in [-0.2, -0.15) is 0 Å². The number of benzene rings is 1. The van der Waals surface area contributed by atoms with Crippen LogP contribution in [0.5, 0.6) is 0 Å². The van der Waals surface area contributed by atoms with E-state index < -0.39 is 5.92 Å². The molecule has 0 bridgehead atoms. The molecule has 1 aliphatic rings. The summed E-state index contributed by atoms with van der Waals surface area (Å²) in [7, 11) is 0. The second-order valence-corrected chi connectivity index (χ2v) is 8.45. The minimum Gasteiger partial charge on any atom is -0.207 e. The normalized spacial score (nSPS) is 21.8. The van der Waals surface area contributed by atoms with Crippen molar-refractivity contribution in [1.29, 1.82) is 0 Å². The van der Waals surface area contributed by atoms with E-state index in [-0.39, 0.29) is 24.2 Å². The Morgan fingerprint density at radius 1 is 1.19 bits per heavy atom. The number of allylic oxidation sites excluding steroid dienone is 3. The lowest BCUT2D eigenvalue weighted by Crippen LogP contribution is -2.34. The number of hydrogen-bond acceptors (Lipinski definition) is 0. The summed E-state index contributed by atoms with van der Waals surface area (Å²) in [5.74, 6) is -1.69. The topological polar surface area (TPSA) is 0 Å². The highest BCUT2D eigenvalue weighted by Gasteiger charge is 2.43. The lowest BCUT2D eigenvalue weighted by molar-refractivity contribution is -0.0678. The first-order valence-electron chi connectivity index (χ1n) is 10.0. The molecule has 0 amide bonds. The van der Waals surface area contributed by atoms with Gasteiger partial charge < -0.3 is 0 Å². The number of hydrogen-bond donors (Lipinski definition) is 0. The van der Waals surface area contributed by atoms with Gasteiger partial charge in [0.25, 0.3) is 0 Å². The Labute approximate surface area is 158 Å². The molecular weight excluding hydrogens is 326 g/mol.